The molecule has 7 nitrogen and oxygen atoms in total. The van der Waals surface area contributed by atoms with Crippen LogP contribution < -0.4 is 10.9 Å². The number of carboxylic acids is 1. The van der Waals surface area contributed by atoms with Crippen molar-refractivity contribution in [3.05, 3.63) is 33.7 Å². The van der Waals surface area contributed by atoms with E-state index in [2.05, 4.69) is 10.3 Å². The largest absolute Gasteiger partial charge is 0.480 e. The Morgan fingerprint density at radius 3 is 2.67 bits per heavy atom. The van der Waals surface area contributed by atoms with E-state index >= 15 is 0 Å². The van der Waals surface area contributed by atoms with Gasteiger partial charge in [0.25, 0.3) is 11.5 Å². The molecule has 112 valence electrons. The maximum atomic E-state index is 12.2. The minimum Gasteiger partial charge on any atom is -0.480 e. The first-order valence-electron chi connectivity index (χ1n) is 6.20. The minimum atomic E-state index is -1.15. The van der Waals surface area contributed by atoms with Crippen LogP contribution in [0.25, 0.3) is 4.96 Å². The Kier molecular flexibility index (Phi) is 3.82. The number of amides is 1. The number of aliphatic carboxylic acids is 1. The summed E-state index contributed by atoms with van der Waals surface area (Å²) in [6.45, 7) is 5.08. The zero-order valence-corrected chi connectivity index (χ0v) is 12.6. The van der Waals surface area contributed by atoms with Gasteiger partial charge in [0.1, 0.15) is 11.6 Å². The summed E-state index contributed by atoms with van der Waals surface area (Å²) in [5.41, 5.74) is -1.38. The van der Waals surface area contributed by atoms with Crippen molar-refractivity contribution in [2.24, 2.45) is 5.41 Å². The molecule has 0 spiro atoms. The molecule has 0 aliphatic rings. The molecule has 2 aromatic rings. The Morgan fingerprint density at radius 1 is 1.43 bits per heavy atom. The minimum absolute atomic E-state index is 0.179. The molecule has 0 radical (unpaired) electrons. The molecule has 0 bridgehead atoms. The predicted molar refractivity (Wildman–Crippen MR) is 77.7 cm³/mol. The third kappa shape index (κ3) is 2.94. The van der Waals surface area contributed by atoms with E-state index < -0.39 is 28.9 Å². The highest BCUT2D eigenvalue weighted by atomic mass is 32.1. The van der Waals surface area contributed by atoms with Crippen LogP contribution in [0.3, 0.4) is 0 Å². The Balaban J connectivity index is 2.36. The molecule has 8 heteroatoms. The van der Waals surface area contributed by atoms with Crippen LogP contribution in [0.1, 0.15) is 31.1 Å². The third-order valence-electron chi connectivity index (χ3n) is 2.98. The molecule has 21 heavy (non-hydrogen) atoms. The van der Waals surface area contributed by atoms with Crippen molar-refractivity contribution in [3.8, 4) is 0 Å². The van der Waals surface area contributed by atoms with Crippen LogP contribution in [0, 0.1) is 5.41 Å². The average Bonchev–Trinajstić information content (AvgIpc) is 2.83. The number of nitrogens with one attached hydrogen (secondary N) is 1. The van der Waals surface area contributed by atoms with Crippen LogP contribution in [-0.4, -0.2) is 32.4 Å². The third-order valence-corrected chi connectivity index (χ3v) is 3.75. The van der Waals surface area contributed by atoms with Crippen LogP contribution in [0.2, 0.25) is 0 Å². The van der Waals surface area contributed by atoms with Crippen molar-refractivity contribution in [3.63, 3.8) is 0 Å². The molecule has 2 aromatic heterocycles. The van der Waals surface area contributed by atoms with Crippen LogP contribution in [-0.2, 0) is 4.79 Å². The number of hydrogen-bond donors (Lipinski definition) is 2. The number of hydrogen-bond acceptors (Lipinski definition) is 5. The quantitative estimate of drug-likeness (QED) is 0.880. The zero-order valence-electron chi connectivity index (χ0n) is 11.8. The highest BCUT2D eigenvalue weighted by molar-refractivity contribution is 7.15. The topological polar surface area (TPSA) is 101 Å². The second kappa shape index (κ2) is 5.28. The van der Waals surface area contributed by atoms with Gasteiger partial charge in [-0.2, -0.15) is 0 Å². The van der Waals surface area contributed by atoms with Gasteiger partial charge in [-0.25, -0.2) is 9.78 Å². The van der Waals surface area contributed by atoms with Crippen molar-refractivity contribution in [1.82, 2.24) is 14.7 Å². The summed E-state index contributed by atoms with van der Waals surface area (Å²) in [7, 11) is 0. The van der Waals surface area contributed by atoms with E-state index in [9.17, 15) is 19.5 Å². The molecule has 0 unspecified atom stereocenters. The maximum Gasteiger partial charge on any atom is 0.326 e. The zero-order chi connectivity index (χ0) is 15.8. The number of carbonyl (C=O) groups is 2. The lowest BCUT2D eigenvalue weighted by Crippen LogP contribution is -2.50. The van der Waals surface area contributed by atoms with Gasteiger partial charge in [-0.3, -0.25) is 14.0 Å². The van der Waals surface area contributed by atoms with Gasteiger partial charge in [-0.15, -0.1) is 11.3 Å². The fraction of sp³-hybridized carbons (Fsp3) is 0.385. The van der Waals surface area contributed by atoms with E-state index in [4.69, 9.17) is 0 Å². The molecule has 1 atom stereocenters. The second-order valence-electron chi connectivity index (χ2n) is 5.64. The molecule has 2 rings (SSSR count). The van der Waals surface area contributed by atoms with Crippen LogP contribution in [0.15, 0.2) is 22.6 Å². The van der Waals surface area contributed by atoms with Gasteiger partial charge in [-0.05, 0) is 5.41 Å². The number of thiazole rings is 1. The Hall–Kier alpha value is -2.22. The van der Waals surface area contributed by atoms with E-state index in [1.807, 2.05) is 0 Å². The van der Waals surface area contributed by atoms with Crippen molar-refractivity contribution < 1.29 is 14.7 Å². The maximum absolute atomic E-state index is 12.2. The molecule has 0 saturated heterocycles. The number of carboxylic acid groups (broad SMARTS) is 1. The number of aromatic nitrogens is 2. The summed E-state index contributed by atoms with van der Waals surface area (Å²) < 4.78 is 1.26. The fourth-order valence-corrected chi connectivity index (χ4v) is 2.51. The molecular formula is C13H15N3O4S. The highest BCUT2D eigenvalue weighted by Gasteiger charge is 2.33. The summed E-state index contributed by atoms with van der Waals surface area (Å²) in [5, 5.41) is 13.3. The van der Waals surface area contributed by atoms with Gasteiger partial charge < -0.3 is 10.4 Å². The normalized spacial score (nSPS) is 13.1. The lowest BCUT2D eigenvalue weighted by molar-refractivity contribution is -0.142. The van der Waals surface area contributed by atoms with Crippen molar-refractivity contribution in [1.29, 1.82) is 0 Å². The predicted octanol–water partition coefficient (Wildman–Crippen LogP) is 0.985. The van der Waals surface area contributed by atoms with Crippen LogP contribution >= 0.6 is 11.3 Å². The Morgan fingerprint density at radius 2 is 2.10 bits per heavy atom. The monoisotopic (exact) mass is 309 g/mol. The van der Waals surface area contributed by atoms with Gasteiger partial charge in [0.05, 0.1) is 0 Å². The van der Waals surface area contributed by atoms with E-state index in [-0.39, 0.29) is 5.56 Å². The molecule has 0 fully saturated rings. The first kappa shape index (κ1) is 15.2. The highest BCUT2D eigenvalue weighted by Crippen LogP contribution is 2.19. The fourth-order valence-electron chi connectivity index (χ4n) is 1.84. The molecular weight excluding hydrogens is 294 g/mol. The molecule has 1 amide bonds. The summed E-state index contributed by atoms with van der Waals surface area (Å²) in [6, 6.07) is -1.10. The van der Waals surface area contributed by atoms with E-state index in [1.165, 1.54) is 28.1 Å². The number of fused-ring (bicyclic) bond motifs is 1. The SMILES string of the molecule is CC(C)(C)[C@H](NC(=O)c1cnc2sccn2c1=O)C(=O)O. The second-order valence-corrected chi connectivity index (χ2v) is 6.52. The number of rotatable bonds is 3. The van der Waals surface area contributed by atoms with E-state index in [0.29, 0.717) is 4.96 Å². The van der Waals surface area contributed by atoms with Crippen molar-refractivity contribution in [2.75, 3.05) is 0 Å². The molecule has 2 N–H and O–H groups in total. The van der Waals surface area contributed by atoms with Crippen LogP contribution in [0.4, 0.5) is 0 Å². The summed E-state index contributed by atoms with van der Waals surface area (Å²) in [4.78, 5) is 40.1. The summed E-state index contributed by atoms with van der Waals surface area (Å²) >= 11 is 1.27. The first-order chi connectivity index (χ1) is 9.71. The van der Waals surface area contributed by atoms with E-state index in [1.54, 1.807) is 26.2 Å². The average molecular weight is 309 g/mol. The van der Waals surface area contributed by atoms with Gasteiger partial charge in [-0.1, -0.05) is 20.8 Å². The first-order valence-corrected chi connectivity index (χ1v) is 7.08. The van der Waals surface area contributed by atoms with Crippen molar-refractivity contribution in [2.45, 2.75) is 26.8 Å². The lowest BCUT2D eigenvalue weighted by Gasteiger charge is -2.27. The molecule has 0 aliphatic carbocycles. The number of carbonyl (C=O) groups excluding carboxylic acids is 1. The van der Waals surface area contributed by atoms with Gasteiger partial charge in [0.2, 0.25) is 0 Å². The van der Waals surface area contributed by atoms with Gasteiger partial charge in [0.15, 0.2) is 4.96 Å². The molecule has 0 aliphatic heterocycles. The van der Waals surface area contributed by atoms with Gasteiger partial charge in [0, 0.05) is 17.8 Å². The Labute approximate surface area is 124 Å². The van der Waals surface area contributed by atoms with E-state index in [0.717, 1.165) is 0 Å². The number of nitrogens with zero attached hydrogens (tertiary/aromatic N) is 2. The summed E-state index contributed by atoms with van der Waals surface area (Å²) in [6.07, 6.45) is 2.69. The summed E-state index contributed by atoms with van der Waals surface area (Å²) in [5.74, 6) is -1.89. The van der Waals surface area contributed by atoms with Crippen LogP contribution in [0.5, 0.6) is 0 Å². The van der Waals surface area contributed by atoms with Crippen molar-refractivity contribution >= 4 is 28.2 Å². The molecule has 2 heterocycles. The smallest absolute Gasteiger partial charge is 0.326 e. The molecule has 0 saturated carbocycles. The van der Waals surface area contributed by atoms with Gasteiger partial charge >= 0.3 is 5.97 Å². The lowest BCUT2D eigenvalue weighted by atomic mass is 9.86. The Bertz CT molecular complexity index is 757. The molecule has 0 aromatic carbocycles. The standard InChI is InChI=1S/C13H15N3O4S/c1-13(2,3)8(11(19)20)15-9(17)7-6-14-12-16(10(7)18)4-5-21-12/h4-6,8H,1-3H3,(H,15,17)(H,19,20)/t8-/m1/s1.